The molecule has 0 amide bonds. The smallest absolute Gasteiger partial charge is 0.115 e. The van der Waals surface area contributed by atoms with Crippen molar-refractivity contribution in [3.8, 4) is 0 Å². The normalized spacial score (nSPS) is 34.6. The Morgan fingerprint density at radius 1 is 1.20 bits per heavy atom. The predicted octanol–water partition coefficient (Wildman–Crippen LogP) is 1.59. The number of hydrogen-bond acceptors (Lipinski definition) is 3. The van der Waals surface area contributed by atoms with E-state index in [0.29, 0.717) is 18.0 Å². The Labute approximate surface area is 89.8 Å². The highest BCUT2D eigenvalue weighted by molar-refractivity contribution is 5.26. The molecule has 3 atom stereocenters. The molecule has 3 nitrogen and oxygen atoms in total. The van der Waals surface area contributed by atoms with E-state index in [-0.39, 0.29) is 0 Å². The third-order valence-corrected chi connectivity index (χ3v) is 3.73. The Hall–Kier alpha value is -1.22. The molecule has 2 bridgehead atoms. The van der Waals surface area contributed by atoms with Gasteiger partial charge in [-0.05, 0) is 25.5 Å². The summed E-state index contributed by atoms with van der Waals surface area (Å²) in [5, 5.41) is 0. The molecular weight excluding hydrogens is 186 g/mol. The van der Waals surface area contributed by atoms with Crippen molar-refractivity contribution in [2.24, 2.45) is 0 Å². The first-order valence-corrected chi connectivity index (χ1v) is 5.51. The maximum Gasteiger partial charge on any atom is 0.115 e. The van der Waals surface area contributed by atoms with Crippen molar-refractivity contribution in [2.45, 2.75) is 30.8 Å². The Bertz CT molecular complexity index is 374. The standard InChI is InChI=1S/C12H15N3/c1-15-10-2-4-11(12(15)5-3-10)9-6-13-8-14-7-9/h2,4,6-8,10-12H,3,5H2,1H3. The average Bonchev–Trinajstić information content (AvgIpc) is 2.54. The van der Waals surface area contributed by atoms with Gasteiger partial charge in [0.2, 0.25) is 0 Å². The van der Waals surface area contributed by atoms with Crippen molar-refractivity contribution in [2.75, 3.05) is 7.05 Å². The van der Waals surface area contributed by atoms with Gasteiger partial charge in [-0.25, -0.2) is 9.97 Å². The van der Waals surface area contributed by atoms with Gasteiger partial charge in [-0.3, -0.25) is 4.90 Å². The van der Waals surface area contributed by atoms with E-state index in [1.54, 1.807) is 6.33 Å². The van der Waals surface area contributed by atoms with Gasteiger partial charge in [-0.2, -0.15) is 0 Å². The zero-order valence-corrected chi connectivity index (χ0v) is 8.87. The second-order valence-electron chi connectivity index (χ2n) is 4.46. The number of likely N-dealkylation sites (N-methyl/N-ethyl adjacent to an activating group) is 1. The average molecular weight is 201 g/mol. The summed E-state index contributed by atoms with van der Waals surface area (Å²) < 4.78 is 0. The van der Waals surface area contributed by atoms with Crippen LogP contribution in [0.5, 0.6) is 0 Å². The molecule has 3 unspecified atom stereocenters. The van der Waals surface area contributed by atoms with Crippen molar-refractivity contribution < 1.29 is 0 Å². The SMILES string of the molecule is CN1C2C=CC(c3cncnc3)C1CC2. The molecule has 1 fully saturated rings. The van der Waals surface area contributed by atoms with E-state index >= 15 is 0 Å². The maximum absolute atomic E-state index is 4.10. The monoisotopic (exact) mass is 201 g/mol. The van der Waals surface area contributed by atoms with E-state index in [4.69, 9.17) is 0 Å². The lowest BCUT2D eigenvalue weighted by atomic mass is 9.91. The van der Waals surface area contributed by atoms with Crippen LogP contribution in [0.2, 0.25) is 0 Å². The van der Waals surface area contributed by atoms with Gasteiger partial charge in [0.1, 0.15) is 6.33 Å². The van der Waals surface area contributed by atoms with Crippen LogP contribution in [0.3, 0.4) is 0 Å². The fourth-order valence-corrected chi connectivity index (χ4v) is 2.85. The van der Waals surface area contributed by atoms with Gasteiger partial charge in [0.15, 0.2) is 0 Å². The van der Waals surface area contributed by atoms with E-state index in [9.17, 15) is 0 Å². The molecule has 3 heteroatoms. The zero-order valence-electron chi connectivity index (χ0n) is 8.87. The summed E-state index contributed by atoms with van der Waals surface area (Å²) in [7, 11) is 2.22. The lowest BCUT2D eigenvalue weighted by Crippen LogP contribution is -2.37. The predicted molar refractivity (Wildman–Crippen MR) is 58.5 cm³/mol. The Morgan fingerprint density at radius 2 is 2.00 bits per heavy atom. The highest BCUT2D eigenvalue weighted by Crippen LogP contribution is 2.38. The van der Waals surface area contributed by atoms with E-state index in [1.165, 1.54) is 18.4 Å². The van der Waals surface area contributed by atoms with Crippen LogP contribution in [0, 0.1) is 0 Å². The lowest BCUT2D eigenvalue weighted by Gasteiger charge is -2.33. The quantitative estimate of drug-likeness (QED) is 0.646. The molecule has 1 aromatic heterocycles. The number of fused-ring (bicyclic) bond motifs is 2. The molecule has 0 radical (unpaired) electrons. The van der Waals surface area contributed by atoms with Crippen LogP contribution in [0.15, 0.2) is 30.9 Å². The van der Waals surface area contributed by atoms with Gasteiger partial charge in [-0.15, -0.1) is 0 Å². The van der Waals surface area contributed by atoms with Crippen LogP contribution < -0.4 is 0 Å². The Balaban J connectivity index is 1.95. The molecule has 0 spiro atoms. The molecule has 78 valence electrons. The van der Waals surface area contributed by atoms with Crippen LogP contribution in [-0.4, -0.2) is 34.0 Å². The van der Waals surface area contributed by atoms with Crippen LogP contribution in [0.4, 0.5) is 0 Å². The molecule has 2 aliphatic rings. The number of aromatic nitrogens is 2. The van der Waals surface area contributed by atoms with Crippen LogP contribution in [0.25, 0.3) is 0 Å². The molecule has 0 aliphatic carbocycles. The van der Waals surface area contributed by atoms with Crippen LogP contribution in [0.1, 0.15) is 24.3 Å². The third kappa shape index (κ3) is 1.38. The van der Waals surface area contributed by atoms with Gasteiger partial charge in [0.25, 0.3) is 0 Å². The third-order valence-electron chi connectivity index (χ3n) is 3.73. The number of rotatable bonds is 1. The minimum atomic E-state index is 0.481. The second-order valence-corrected chi connectivity index (χ2v) is 4.46. The van der Waals surface area contributed by atoms with Crippen molar-refractivity contribution >= 4 is 0 Å². The molecule has 3 rings (SSSR count). The Morgan fingerprint density at radius 3 is 2.80 bits per heavy atom. The highest BCUT2D eigenvalue weighted by Gasteiger charge is 2.37. The topological polar surface area (TPSA) is 29.0 Å². The minimum absolute atomic E-state index is 0.481. The first kappa shape index (κ1) is 9.04. The highest BCUT2D eigenvalue weighted by atomic mass is 15.2. The summed E-state index contributed by atoms with van der Waals surface area (Å²) >= 11 is 0. The molecule has 0 saturated carbocycles. The lowest BCUT2D eigenvalue weighted by molar-refractivity contribution is 0.241. The largest absolute Gasteiger partial charge is 0.296 e. The van der Waals surface area contributed by atoms with Gasteiger partial charge < -0.3 is 0 Å². The van der Waals surface area contributed by atoms with Gasteiger partial charge >= 0.3 is 0 Å². The summed E-state index contributed by atoms with van der Waals surface area (Å²) in [6.07, 6.45) is 12.7. The van der Waals surface area contributed by atoms with Gasteiger partial charge in [0, 0.05) is 30.4 Å². The van der Waals surface area contributed by atoms with Gasteiger partial charge in [-0.1, -0.05) is 12.2 Å². The summed E-state index contributed by atoms with van der Waals surface area (Å²) in [6.45, 7) is 0. The van der Waals surface area contributed by atoms with E-state index in [2.05, 4.69) is 34.1 Å². The molecule has 0 aromatic carbocycles. The fourth-order valence-electron chi connectivity index (χ4n) is 2.85. The summed E-state index contributed by atoms with van der Waals surface area (Å²) in [4.78, 5) is 10.7. The fraction of sp³-hybridized carbons (Fsp3) is 0.500. The van der Waals surface area contributed by atoms with Crippen molar-refractivity contribution in [1.29, 1.82) is 0 Å². The Kier molecular flexibility index (Phi) is 2.06. The molecule has 2 aliphatic heterocycles. The van der Waals surface area contributed by atoms with Crippen molar-refractivity contribution in [3.05, 3.63) is 36.4 Å². The molecule has 15 heavy (non-hydrogen) atoms. The first-order chi connectivity index (χ1) is 7.36. The first-order valence-electron chi connectivity index (χ1n) is 5.51. The zero-order chi connectivity index (χ0) is 10.3. The minimum Gasteiger partial charge on any atom is -0.296 e. The summed E-state index contributed by atoms with van der Waals surface area (Å²) in [6, 6.07) is 1.31. The van der Waals surface area contributed by atoms with Crippen molar-refractivity contribution in [1.82, 2.24) is 14.9 Å². The van der Waals surface area contributed by atoms with E-state index < -0.39 is 0 Å². The van der Waals surface area contributed by atoms with Crippen molar-refractivity contribution in [3.63, 3.8) is 0 Å². The maximum atomic E-state index is 4.10. The number of nitrogens with zero attached hydrogens (tertiary/aromatic N) is 3. The summed E-state index contributed by atoms with van der Waals surface area (Å²) in [5.41, 5.74) is 1.24. The van der Waals surface area contributed by atoms with Crippen LogP contribution in [-0.2, 0) is 0 Å². The number of hydrogen-bond donors (Lipinski definition) is 0. The van der Waals surface area contributed by atoms with Gasteiger partial charge in [0.05, 0.1) is 0 Å². The van der Waals surface area contributed by atoms with E-state index in [0.717, 1.165) is 0 Å². The molecular formula is C12H15N3. The second kappa shape index (κ2) is 3.42. The summed E-state index contributed by atoms with van der Waals surface area (Å²) in [5.74, 6) is 0.481. The molecule has 3 heterocycles. The molecule has 0 N–H and O–H groups in total. The molecule has 1 aromatic rings. The molecule has 1 saturated heterocycles. The van der Waals surface area contributed by atoms with Crippen LogP contribution >= 0.6 is 0 Å². The van der Waals surface area contributed by atoms with E-state index in [1.807, 2.05) is 12.4 Å².